The first kappa shape index (κ1) is 8.96. The van der Waals surface area contributed by atoms with Crippen LogP contribution in [-0.2, 0) is 0 Å². The topological polar surface area (TPSA) is 23.9 Å². The maximum atomic E-state index is 7.10. The van der Waals surface area contributed by atoms with Crippen LogP contribution in [0.3, 0.4) is 0 Å². The summed E-state index contributed by atoms with van der Waals surface area (Å²) in [6.07, 6.45) is 1.09. The van der Waals surface area contributed by atoms with Crippen molar-refractivity contribution in [3.05, 3.63) is 0 Å². The molecule has 2 atom stereocenters. The predicted molar refractivity (Wildman–Crippen MR) is 42.2 cm³/mol. The SMILES string of the molecule is CCC(C)C(C)C(=N)Cl. The van der Waals surface area contributed by atoms with Crippen LogP contribution in [0.15, 0.2) is 0 Å². The molecule has 1 nitrogen and oxygen atoms in total. The van der Waals surface area contributed by atoms with Crippen LogP contribution < -0.4 is 0 Å². The molecular weight excluding hydrogens is 134 g/mol. The molecule has 2 heteroatoms. The molecule has 0 saturated carbocycles. The largest absolute Gasteiger partial charge is 0.293 e. The van der Waals surface area contributed by atoms with Gasteiger partial charge in [0.25, 0.3) is 0 Å². The molecule has 1 N–H and O–H groups in total. The molecule has 0 amide bonds. The van der Waals surface area contributed by atoms with Gasteiger partial charge in [0.1, 0.15) is 0 Å². The summed E-state index contributed by atoms with van der Waals surface area (Å²) in [6, 6.07) is 0. The number of halogens is 1. The normalized spacial score (nSPS) is 16.9. The van der Waals surface area contributed by atoms with Gasteiger partial charge in [0.05, 0.1) is 5.17 Å². The van der Waals surface area contributed by atoms with Crippen molar-refractivity contribution in [1.82, 2.24) is 0 Å². The summed E-state index contributed by atoms with van der Waals surface area (Å²) in [4.78, 5) is 0. The van der Waals surface area contributed by atoms with Gasteiger partial charge >= 0.3 is 0 Å². The number of hydrogen-bond acceptors (Lipinski definition) is 1. The van der Waals surface area contributed by atoms with Gasteiger partial charge in [0.15, 0.2) is 0 Å². The summed E-state index contributed by atoms with van der Waals surface area (Å²) in [5.41, 5.74) is 0. The smallest absolute Gasteiger partial charge is 0.1000 e. The summed E-state index contributed by atoms with van der Waals surface area (Å²) in [6.45, 7) is 6.21. The van der Waals surface area contributed by atoms with Gasteiger partial charge in [-0.3, -0.25) is 5.41 Å². The Morgan fingerprint density at radius 1 is 1.56 bits per heavy atom. The minimum atomic E-state index is 0.233. The van der Waals surface area contributed by atoms with Gasteiger partial charge in [-0.25, -0.2) is 0 Å². The lowest BCUT2D eigenvalue weighted by Gasteiger charge is -2.14. The minimum absolute atomic E-state index is 0.233. The molecule has 0 aromatic carbocycles. The monoisotopic (exact) mass is 147 g/mol. The fourth-order valence-corrected chi connectivity index (χ4v) is 0.818. The average molecular weight is 148 g/mol. The second-order valence-corrected chi connectivity index (χ2v) is 2.93. The van der Waals surface area contributed by atoms with Gasteiger partial charge in [-0.05, 0) is 5.92 Å². The molecule has 0 saturated heterocycles. The van der Waals surface area contributed by atoms with Crippen LogP contribution in [0.4, 0.5) is 0 Å². The fraction of sp³-hybridized carbons (Fsp3) is 0.857. The maximum Gasteiger partial charge on any atom is 0.1000 e. The van der Waals surface area contributed by atoms with Crippen molar-refractivity contribution in [2.45, 2.75) is 27.2 Å². The van der Waals surface area contributed by atoms with Crippen LogP contribution in [0.1, 0.15) is 27.2 Å². The van der Waals surface area contributed by atoms with E-state index in [-0.39, 0.29) is 11.1 Å². The van der Waals surface area contributed by atoms with Gasteiger partial charge in [-0.15, -0.1) is 0 Å². The molecular formula is C7H14ClN. The summed E-state index contributed by atoms with van der Waals surface area (Å²) in [7, 11) is 0. The quantitative estimate of drug-likeness (QED) is 0.594. The molecule has 0 spiro atoms. The highest BCUT2D eigenvalue weighted by atomic mass is 35.5. The van der Waals surface area contributed by atoms with Gasteiger partial charge in [-0.2, -0.15) is 0 Å². The highest BCUT2D eigenvalue weighted by Gasteiger charge is 2.12. The van der Waals surface area contributed by atoms with E-state index in [9.17, 15) is 0 Å². The lowest BCUT2D eigenvalue weighted by molar-refractivity contribution is 0.472. The van der Waals surface area contributed by atoms with Gasteiger partial charge < -0.3 is 0 Å². The Labute approximate surface area is 61.9 Å². The molecule has 0 radical (unpaired) electrons. The van der Waals surface area contributed by atoms with Gasteiger partial charge in [0.2, 0.25) is 0 Å². The maximum absolute atomic E-state index is 7.10. The van der Waals surface area contributed by atoms with Crippen LogP contribution in [0.5, 0.6) is 0 Å². The van der Waals surface area contributed by atoms with E-state index < -0.39 is 0 Å². The Balaban J connectivity index is 3.72. The highest BCUT2D eigenvalue weighted by Crippen LogP contribution is 2.16. The van der Waals surface area contributed by atoms with E-state index in [2.05, 4.69) is 13.8 Å². The molecule has 2 unspecified atom stereocenters. The Hall–Kier alpha value is -0.0400. The first-order valence-electron chi connectivity index (χ1n) is 3.33. The summed E-state index contributed by atoms with van der Waals surface area (Å²) < 4.78 is 0. The second-order valence-electron chi connectivity index (χ2n) is 2.52. The zero-order valence-corrected chi connectivity index (χ0v) is 7.00. The lowest BCUT2D eigenvalue weighted by Crippen LogP contribution is -2.12. The highest BCUT2D eigenvalue weighted by molar-refractivity contribution is 6.64. The number of rotatable bonds is 3. The van der Waals surface area contributed by atoms with Crippen molar-refractivity contribution in [2.75, 3.05) is 0 Å². The van der Waals surface area contributed by atoms with Crippen molar-refractivity contribution in [1.29, 1.82) is 5.41 Å². The van der Waals surface area contributed by atoms with Crippen LogP contribution >= 0.6 is 11.6 Å². The molecule has 9 heavy (non-hydrogen) atoms. The van der Waals surface area contributed by atoms with Crippen molar-refractivity contribution in [2.24, 2.45) is 11.8 Å². The standard InChI is InChI=1S/C7H14ClN/c1-4-5(2)6(3)7(8)9/h5-6,9H,4H2,1-3H3. The molecule has 54 valence electrons. The lowest BCUT2D eigenvalue weighted by atomic mass is 9.95. The molecule has 0 aliphatic carbocycles. The van der Waals surface area contributed by atoms with Crippen LogP contribution in [0.2, 0.25) is 0 Å². The van der Waals surface area contributed by atoms with E-state index in [1.165, 1.54) is 0 Å². The molecule has 0 aliphatic rings. The average Bonchev–Trinajstić information content (AvgIpc) is 1.84. The van der Waals surface area contributed by atoms with E-state index in [0.717, 1.165) is 6.42 Å². The molecule has 0 heterocycles. The third kappa shape index (κ3) is 2.85. The van der Waals surface area contributed by atoms with E-state index in [0.29, 0.717) is 5.92 Å². The zero-order chi connectivity index (χ0) is 7.44. The Morgan fingerprint density at radius 3 is 2.11 bits per heavy atom. The third-order valence-corrected chi connectivity index (χ3v) is 2.24. The van der Waals surface area contributed by atoms with Crippen molar-refractivity contribution in [3.8, 4) is 0 Å². The Kier molecular flexibility index (Phi) is 3.87. The van der Waals surface area contributed by atoms with Crippen molar-refractivity contribution in [3.63, 3.8) is 0 Å². The van der Waals surface area contributed by atoms with Crippen molar-refractivity contribution < 1.29 is 0 Å². The first-order chi connectivity index (χ1) is 4.09. The zero-order valence-electron chi connectivity index (χ0n) is 6.24. The van der Waals surface area contributed by atoms with Crippen LogP contribution in [0.25, 0.3) is 0 Å². The summed E-state index contributed by atoms with van der Waals surface area (Å²) >= 11 is 5.49. The number of nitrogens with one attached hydrogen (secondary N) is 1. The molecule has 0 aliphatic heterocycles. The van der Waals surface area contributed by atoms with Crippen LogP contribution in [-0.4, -0.2) is 5.17 Å². The molecule has 0 fully saturated rings. The molecule has 0 aromatic rings. The Bertz CT molecular complexity index is 101. The molecule has 0 rings (SSSR count). The van der Waals surface area contributed by atoms with Gasteiger partial charge in [0, 0.05) is 5.92 Å². The fourth-order valence-electron chi connectivity index (χ4n) is 0.603. The number of hydrogen-bond donors (Lipinski definition) is 1. The van der Waals surface area contributed by atoms with Crippen LogP contribution in [0, 0.1) is 17.2 Å². The predicted octanol–water partition coefficient (Wildman–Crippen LogP) is 2.88. The Morgan fingerprint density at radius 2 is 2.00 bits per heavy atom. The third-order valence-electron chi connectivity index (χ3n) is 1.90. The first-order valence-corrected chi connectivity index (χ1v) is 3.71. The van der Waals surface area contributed by atoms with E-state index in [1.54, 1.807) is 0 Å². The molecule has 0 aromatic heterocycles. The van der Waals surface area contributed by atoms with E-state index >= 15 is 0 Å². The van der Waals surface area contributed by atoms with Gasteiger partial charge in [-0.1, -0.05) is 38.8 Å². The van der Waals surface area contributed by atoms with E-state index in [1.807, 2.05) is 6.92 Å². The minimum Gasteiger partial charge on any atom is -0.293 e. The van der Waals surface area contributed by atoms with Crippen molar-refractivity contribution >= 4 is 16.8 Å². The molecule has 0 bridgehead atoms. The second kappa shape index (κ2) is 3.89. The summed E-state index contributed by atoms with van der Waals surface area (Å²) in [5, 5.41) is 7.38. The van der Waals surface area contributed by atoms with E-state index in [4.69, 9.17) is 17.0 Å². The summed E-state index contributed by atoms with van der Waals surface area (Å²) in [5.74, 6) is 0.770.